The van der Waals surface area contributed by atoms with Gasteiger partial charge in [-0.3, -0.25) is 19.7 Å². The Labute approximate surface area is 169 Å². The first-order valence-electron chi connectivity index (χ1n) is 9.62. The molecule has 0 bridgehead atoms. The smallest absolute Gasteiger partial charge is 0.321 e. The molecule has 0 saturated heterocycles. The van der Waals surface area contributed by atoms with Crippen LogP contribution in [0.25, 0.3) is 0 Å². The summed E-state index contributed by atoms with van der Waals surface area (Å²) in [5.74, 6) is -1.32. The summed E-state index contributed by atoms with van der Waals surface area (Å²) in [6.45, 7) is 1.41. The number of esters is 1. The van der Waals surface area contributed by atoms with Crippen LogP contribution in [0.1, 0.15) is 49.4 Å². The highest BCUT2D eigenvalue weighted by Crippen LogP contribution is 2.17. The van der Waals surface area contributed by atoms with Gasteiger partial charge in [-0.25, -0.2) is 4.79 Å². The number of rotatable bonds is 8. The number of carbonyl (C=O) groups excluding carboxylic acids is 4. The fraction of sp³-hybridized carbons (Fsp3) is 0.500. The van der Waals surface area contributed by atoms with Gasteiger partial charge in [-0.15, -0.1) is 0 Å². The molecule has 29 heavy (non-hydrogen) atoms. The molecule has 9 nitrogen and oxygen atoms in total. The average molecular weight is 405 g/mol. The lowest BCUT2D eigenvalue weighted by atomic mass is 10.2. The molecule has 1 atom stereocenters. The second-order valence-electron chi connectivity index (χ2n) is 6.78. The highest BCUT2D eigenvalue weighted by molar-refractivity contribution is 5.98. The maximum Gasteiger partial charge on any atom is 0.321 e. The van der Waals surface area contributed by atoms with E-state index in [0.717, 1.165) is 25.7 Å². The topological polar surface area (TPSA) is 123 Å². The van der Waals surface area contributed by atoms with Gasteiger partial charge in [0.2, 0.25) is 0 Å². The Balaban J connectivity index is 1.69. The van der Waals surface area contributed by atoms with Crippen molar-refractivity contribution in [1.29, 1.82) is 0 Å². The molecule has 2 rings (SSSR count). The maximum absolute atomic E-state index is 12.1. The minimum atomic E-state index is -1.12. The zero-order chi connectivity index (χ0) is 21.2. The van der Waals surface area contributed by atoms with Crippen molar-refractivity contribution < 1.29 is 28.7 Å². The summed E-state index contributed by atoms with van der Waals surface area (Å²) < 4.78 is 10.1. The van der Waals surface area contributed by atoms with Crippen LogP contribution in [0.15, 0.2) is 24.3 Å². The Hall–Kier alpha value is -3.10. The number of amides is 4. The van der Waals surface area contributed by atoms with Crippen molar-refractivity contribution >= 4 is 23.8 Å². The molecule has 1 aromatic carbocycles. The molecule has 0 aliphatic heterocycles. The van der Waals surface area contributed by atoms with Gasteiger partial charge in [-0.2, -0.15) is 0 Å². The molecule has 0 spiro atoms. The van der Waals surface area contributed by atoms with Gasteiger partial charge in [0, 0.05) is 12.6 Å². The standard InChI is InChI=1S/C20H27N3O6/c1-13(18(25)23-20(27)22-14-7-3-4-8-14)29-17(24)11-12-21-19(26)15-9-5-6-10-16(15)28-2/h5-6,9-10,13-14H,3-4,7-8,11-12H2,1-2H3,(H,21,26)(H2,22,23,25,27)/t13-/m1/s1. The molecule has 0 unspecified atom stereocenters. The summed E-state index contributed by atoms with van der Waals surface area (Å²) >= 11 is 0. The number of benzene rings is 1. The van der Waals surface area contributed by atoms with Crippen LogP contribution in [-0.2, 0) is 14.3 Å². The van der Waals surface area contributed by atoms with Crippen LogP contribution in [0.2, 0.25) is 0 Å². The zero-order valence-corrected chi connectivity index (χ0v) is 16.7. The predicted octanol–water partition coefficient (Wildman–Crippen LogP) is 1.52. The zero-order valence-electron chi connectivity index (χ0n) is 16.7. The Morgan fingerprint density at radius 3 is 2.52 bits per heavy atom. The molecular formula is C20H27N3O6. The molecular weight excluding hydrogens is 378 g/mol. The summed E-state index contributed by atoms with van der Waals surface area (Å²) in [7, 11) is 1.46. The second-order valence-corrected chi connectivity index (χ2v) is 6.78. The summed E-state index contributed by atoms with van der Waals surface area (Å²) in [6, 6.07) is 6.20. The lowest BCUT2D eigenvalue weighted by molar-refractivity contribution is -0.154. The largest absolute Gasteiger partial charge is 0.496 e. The lowest BCUT2D eigenvalue weighted by Gasteiger charge is -2.15. The molecule has 0 heterocycles. The Morgan fingerprint density at radius 2 is 1.83 bits per heavy atom. The number of urea groups is 1. The number of nitrogens with one attached hydrogen (secondary N) is 3. The van der Waals surface area contributed by atoms with E-state index in [9.17, 15) is 19.2 Å². The third-order valence-corrected chi connectivity index (χ3v) is 4.57. The second kappa shape index (κ2) is 11.0. The van der Waals surface area contributed by atoms with Crippen molar-refractivity contribution in [1.82, 2.24) is 16.0 Å². The minimum absolute atomic E-state index is 0.0339. The van der Waals surface area contributed by atoms with Gasteiger partial charge in [-0.05, 0) is 31.9 Å². The van der Waals surface area contributed by atoms with E-state index in [4.69, 9.17) is 9.47 Å². The lowest BCUT2D eigenvalue weighted by Crippen LogP contribution is -2.47. The summed E-state index contributed by atoms with van der Waals surface area (Å²) in [6.07, 6.45) is 2.66. The van der Waals surface area contributed by atoms with E-state index in [2.05, 4.69) is 16.0 Å². The van der Waals surface area contributed by atoms with E-state index in [1.807, 2.05) is 0 Å². The summed E-state index contributed by atoms with van der Waals surface area (Å²) in [5.41, 5.74) is 0.351. The minimum Gasteiger partial charge on any atom is -0.496 e. The third-order valence-electron chi connectivity index (χ3n) is 4.57. The van der Waals surface area contributed by atoms with Crippen LogP contribution in [0.5, 0.6) is 5.75 Å². The number of hydrogen-bond donors (Lipinski definition) is 3. The molecule has 1 aliphatic carbocycles. The SMILES string of the molecule is COc1ccccc1C(=O)NCCC(=O)O[C@H](C)C(=O)NC(=O)NC1CCCC1. The maximum atomic E-state index is 12.1. The molecule has 158 valence electrons. The van der Waals surface area contributed by atoms with Gasteiger partial charge >= 0.3 is 12.0 Å². The van der Waals surface area contributed by atoms with Gasteiger partial charge in [0.1, 0.15) is 5.75 Å². The summed E-state index contributed by atoms with van der Waals surface area (Å²) in [4.78, 5) is 47.8. The van der Waals surface area contributed by atoms with Crippen molar-refractivity contribution in [3.05, 3.63) is 29.8 Å². The first-order chi connectivity index (χ1) is 13.9. The van der Waals surface area contributed by atoms with E-state index in [0.29, 0.717) is 11.3 Å². The number of methoxy groups -OCH3 is 1. The van der Waals surface area contributed by atoms with Crippen molar-refractivity contribution in [3.8, 4) is 5.75 Å². The highest BCUT2D eigenvalue weighted by Gasteiger charge is 2.22. The Bertz CT molecular complexity index is 745. The molecule has 0 radical (unpaired) electrons. The van der Waals surface area contributed by atoms with E-state index in [1.54, 1.807) is 24.3 Å². The Kier molecular flexibility index (Phi) is 8.45. The third kappa shape index (κ3) is 7.10. The highest BCUT2D eigenvalue weighted by atomic mass is 16.5. The van der Waals surface area contributed by atoms with Crippen molar-refractivity contribution in [2.75, 3.05) is 13.7 Å². The number of carbonyl (C=O) groups is 4. The molecule has 1 aliphatic rings. The number of hydrogen-bond acceptors (Lipinski definition) is 6. The number of imide groups is 1. The van der Waals surface area contributed by atoms with Crippen LogP contribution in [0.4, 0.5) is 4.79 Å². The molecule has 1 aromatic rings. The van der Waals surface area contributed by atoms with Crippen molar-refractivity contribution in [3.63, 3.8) is 0 Å². The molecule has 3 N–H and O–H groups in total. The first-order valence-corrected chi connectivity index (χ1v) is 9.62. The molecule has 1 fully saturated rings. The van der Waals surface area contributed by atoms with Crippen LogP contribution in [-0.4, -0.2) is 49.6 Å². The molecule has 1 saturated carbocycles. The monoisotopic (exact) mass is 405 g/mol. The van der Waals surface area contributed by atoms with E-state index in [-0.39, 0.29) is 24.9 Å². The van der Waals surface area contributed by atoms with Crippen LogP contribution in [0, 0.1) is 0 Å². The fourth-order valence-corrected chi connectivity index (χ4v) is 3.02. The normalized spacial score (nSPS) is 14.6. The van der Waals surface area contributed by atoms with Gasteiger partial charge in [0.25, 0.3) is 11.8 Å². The molecule has 4 amide bonds. The number of ether oxygens (including phenoxy) is 2. The number of para-hydroxylation sites is 1. The Morgan fingerprint density at radius 1 is 1.14 bits per heavy atom. The first kappa shape index (κ1) is 22.2. The quantitative estimate of drug-likeness (QED) is 0.564. The fourth-order valence-electron chi connectivity index (χ4n) is 3.02. The van der Waals surface area contributed by atoms with Gasteiger partial charge < -0.3 is 20.1 Å². The van der Waals surface area contributed by atoms with Gasteiger partial charge in [0.15, 0.2) is 6.10 Å². The van der Waals surface area contributed by atoms with Gasteiger partial charge in [0.05, 0.1) is 19.1 Å². The van der Waals surface area contributed by atoms with Crippen molar-refractivity contribution in [2.45, 2.75) is 51.2 Å². The van der Waals surface area contributed by atoms with Crippen LogP contribution < -0.4 is 20.7 Å². The van der Waals surface area contributed by atoms with E-state index >= 15 is 0 Å². The molecule has 0 aromatic heterocycles. The summed E-state index contributed by atoms with van der Waals surface area (Å²) in [5, 5.41) is 7.49. The van der Waals surface area contributed by atoms with Crippen LogP contribution >= 0.6 is 0 Å². The predicted molar refractivity (Wildman–Crippen MR) is 104 cm³/mol. The average Bonchev–Trinajstić information content (AvgIpc) is 3.20. The van der Waals surface area contributed by atoms with Crippen molar-refractivity contribution in [2.24, 2.45) is 0 Å². The van der Waals surface area contributed by atoms with Gasteiger partial charge in [-0.1, -0.05) is 25.0 Å². The van der Waals surface area contributed by atoms with E-state index in [1.165, 1.54) is 14.0 Å². The van der Waals surface area contributed by atoms with E-state index < -0.39 is 24.0 Å². The van der Waals surface area contributed by atoms with Crippen LogP contribution in [0.3, 0.4) is 0 Å². The molecule has 9 heteroatoms.